The highest BCUT2D eigenvalue weighted by Crippen LogP contribution is 2.00. The number of rotatable bonds is 0. The molecule has 0 radical (unpaired) electrons. The molecule has 1 fully saturated rings. The molecule has 0 aromatic carbocycles. The van der Waals surface area contributed by atoms with Gasteiger partial charge in [0.05, 0.1) is 0 Å². The summed E-state index contributed by atoms with van der Waals surface area (Å²) in [6, 6.07) is 0. The summed E-state index contributed by atoms with van der Waals surface area (Å²) in [5.74, 6) is 7.40. The van der Waals surface area contributed by atoms with E-state index in [1.54, 1.807) is 7.05 Å². The fourth-order valence-corrected chi connectivity index (χ4v) is 0.691. The van der Waals surface area contributed by atoms with Crippen LogP contribution in [-0.2, 0) is 9.59 Å². The number of Topliss-reactive ketones (excluding diaryl/α,β-unsaturated/α-hetero) is 1. The van der Waals surface area contributed by atoms with E-state index in [1.807, 2.05) is 0 Å². The Morgan fingerprint density at radius 2 is 1.90 bits per heavy atom. The second-order valence-corrected chi connectivity index (χ2v) is 1.90. The molecule has 1 heterocycles. The molecule has 0 bridgehead atoms. The maximum atomic E-state index is 10.5. The van der Waals surface area contributed by atoms with Crippen molar-refractivity contribution in [3.63, 3.8) is 0 Å². The van der Waals surface area contributed by atoms with E-state index in [9.17, 15) is 9.59 Å². The summed E-state index contributed by atoms with van der Waals surface area (Å²) in [6.07, 6.45) is 0.398. The summed E-state index contributed by atoms with van der Waals surface area (Å²) in [5, 5.41) is 0. The van der Waals surface area contributed by atoms with E-state index in [2.05, 4.69) is 11.7 Å². The predicted molar refractivity (Wildman–Crippen MR) is 35.6 cm³/mol. The van der Waals surface area contributed by atoms with Crippen LogP contribution in [0.2, 0.25) is 0 Å². The highest BCUT2D eigenvalue weighted by Gasteiger charge is 2.25. The quantitative estimate of drug-likeness (QED) is 0.240. The fourth-order valence-electron chi connectivity index (χ4n) is 0.691. The summed E-state index contributed by atoms with van der Waals surface area (Å²) in [5.41, 5.74) is 0. The molecule has 0 aromatic rings. The lowest BCUT2D eigenvalue weighted by Crippen LogP contribution is -2.22. The van der Waals surface area contributed by atoms with E-state index in [0.29, 0.717) is 13.0 Å². The third-order valence-corrected chi connectivity index (χ3v) is 1.26. The van der Waals surface area contributed by atoms with Crippen LogP contribution in [0.3, 0.4) is 0 Å². The zero-order chi connectivity index (χ0) is 8.15. The summed E-state index contributed by atoms with van der Waals surface area (Å²) in [6.45, 7) is 0.595. The Kier molecular flexibility index (Phi) is 3.60. The van der Waals surface area contributed by atoms with Crippen molar-refractivity contribution in [3.05, 3.63) is 0 Å². The maximum absolute atomic E-state index is 10.5. The minimum atomic E-state index is -0.343. The molecule has 0 aliphatic carbocycles. The van der Waals surface area contributed by atoms with Crippen molar-refractivity contribution in [1.29, 1.82) is 0 Å². The SMILES string of the molecule is CN1CCC(=O)C1=O.NN. The highest BCUT2D eigenvalue weighted by molar-refractivity contribution is 6.37. The molecule has 1 aliphatic rings. The van der Waals surface area contributed by atoms with Crippen LogP contribution in [0.25, 0.3) is 0 Å². The number of likely N-dealkylation sites (N-methyl/N-ethyl adjacent to an activating group) is 1. The topological polar surface area (TPSA) is 89.4 Å². The van der Waals surface area contributed by atoms with Gasteiger partial charge in [0.2, 0.25) is 5.78 Å². The van der Waals surface area contributed by atoms with E-state index in [4.69, 9.17) is 0 Å². The second kappa shape index (κ2) is 3.97. The van der Waals surface area contributed by atoms with Gasteiger partial charge in [0.15, 0.2) is 0 Å². The Labute approximate surface area is 58.9 Å². The van der Waals surface area contributed by atoms with Gasteiger partial charge in [0.25, 0.3) is 5.91 Å². The van der Waals surface area contributed by atoms with Crippen LogP contribution in [0.1, 0.15) is 6.42 Å². The molecule has 58 valence electrons. The molecule has 1 amide bonds. The van der Waals surface area contributed by atoms with Crippen molar-refractivity contribution in [2.75, 3.05) is 13.6 Å². The summed E-state index contributed by atoms with van der Waals surface area (Å²) < 4.78 is 0. The summed E-state index contributed by atoms with van der Waals surface area (Å²) in [7, 11) is 1.63. The molecule has 0 atom stereocenters. The molecule has 5 nitrogen and oxygen atoms in total. The van der Waals surface area contributed by atoms with Crippen LogP contribution in [-0.4, -0.2) is 30.2 Å². The Hall–Kier alpha value is -0.940. The van der Waals surface area contributed by atoms with Gasteiger partial charge in [-0.25, -0.2) is 0 Å². The number of amides is 1. The second-order valence-electron chi connectivity index (χ2n) is 1.90. The van der Waals surface area contributed by atoms with E-state index in [1.165, 1.54) is 4.90 Å². The van der Waals surface area contributed by atoms with E-state index in [-0.39, 0.29) is 11.7 Å². The van der Waals surface area contributed by atoms with Gasteiger partial charge in [-0.15, -0.1) is 0 Å². The molecule has 4 N–H and O–H groups in total. The number of carbonyl (C=O) groups excluding carboxylic acids is 2. The van der Waals surface area contributed by atoms with Crippen LogP contribution < -0.4 is 11.7 Å². The Bertz CT molecular complexity index is 146. The predicted octanol–water partition coefficient (Wildman–Crippen LogP) is -1.76. The number of carbonyl (C=O) groups is 2. The Morgan fingerprint density at radius 3 is 2.00 bits per heavy atom. The van der Waals surface area contributed by atoms with Crippen LogP contribution in [0, 0.1) is 0 Å². The average Bonchev–Trinajstić information content (AvgIpc) is 2.25. The van der Waals surface area contributed by atoms with Crippen molar-refractivity contribution in [2.45, 2.75) is 6.42 Å². The Morgan fingerprint density at radius 1 is 1.40 bits per heavy atom. The van der Waals surface area contributed by atoms with Gasteiger partial charge < -0.3 is 4.90 Å². The van der Waals surface area contributed by atoms with E-state index in [0.717, 1.165) is 0 Å². The third-order valence-electron chi connectivity index (χ3n) is 1.26. The zero-order valence-electron chi connectivity index (χ0n) is 5.83. The minimum absolute atomic E-state index is 0.257. The third kappa shape index (κ3) is 1.78. The number of ketones is 1. The summed E-state index contributed by atoms with van der Waals surface area (Å²) >= 11 is 0. The van der Waals surface area contributed by atoms with Gasteiger partial charge in [-0.1, -0.05) is 0 Å². The van der Waals surface area contributed by atoms with E-state index < -0.39 is 0 Å². The van der Waals surface area contributed by atoms with Crippen molar-refractivity contribution in [1.82, 2.24) is 4.90 Å². The number of hydrazine groups is 1. The first-order valence-electron chi connectivity index (χ1n) is 2.83. The molecule has 0 unspecified atom stereocenters. The van der Waals surface area contributed by atoms with Gasteiger partial charge in [-0.3, -0.25) is 21.3 Å². The average molecular weight is 145 g/mol. The normalized spacial score (nSPS) is 16.9. The van der Waals surface area contributed by atoms with Gasteiger partial charge in [0.1, 0.15) is 0 Å². The monoisotopic (exact) mass is 145 g/mol. The molecule has 10 heavy (non-hydrogen) atoms. The smallest absolute Gasteiger partial charge is 0.289 e. The van der Waals surface area contributed by atoms with Crippen LogP contribution in [0.4, 0.5) is 0 Å². The first kappa shape index (κ1) is 9.06. The molecule has 1 rings (SSSR count). The lowest BCUT2D eigenvalue weighted by molar-refractivity contribution is -0.139. The fraction of sp³-hybridized carbons (Fsp3) is 0.600. The van der Waals surface area contributed by atoms with Crippen molar-refractivity contribution < 1.29 is 9.59 Å². The number of hydrogen-bond donors (Lipinski definition) is 2. The van der Waals surface area contributed by atoms with Crippen LogP contribution in [0.5, 0.6) is 0 Å². The molecular formula is C5H11N3O2. The van der Waals surface area contributed by atoms with Crippen LogP contribution in [0.15, 0.2) is 0 Å². The molecular weight excluding hydrogens is 134 g/mol. The molecule has 1 aliphatic heterocycles. The first-order chi connectivity index (χ1) is 4.72. The van der Waals surface area contributed by atoms with Gasteiger partial charge in [-0.2, -0.15) is 0 Å². The molecule has 0 aromatic heterocycles. The van der Waals surface area contributed by atoms with Gasteiger partial charge in [-0.05, 0) is 0 Å². The number of hydrogen-bond acceptors (Lipinski definition) is 4. The lowest BCUT2D eigenvalue weighted by Gasteiger charge is -2.01. The molecule has 0 saturated carbocycles. The minimum Gasteiger partial charge on any atom is -0.339 e. The molecule has 5 heteroatoms. The van der Waals surface area contributed by atoms with Crippen molar-refractivity contribution in [2.24, 2.45) is 11.7 Å². The van der Waals surface area contributed by atoms with Crippen LogP contribution >= 0.6 is 0 Å². The lowest BCUT2D eigenvalue weighted by atomic mass is 10.3. The largest absolute Gasteiger partial charge is 0.339 e. The Balaban J connectivity index is 0.000000371. The molecule has 0 spiro atoms. The van der Waals surface area contributed by atoms with E-state index >= 15 is 0 Å². The van der Waals surface area contributed by atoms with Gasteiger partial charge >= 0.3 is 0 Å². The first-order valence-corrected chi connectivity index (χ1v) is 2.83. The number of likely N-dealkylation sites (tertiary alicyclic amines) is 1. The highest BCUT2D eigenvalue weighted by atomic mass is 16.2. The molecule has 1 saturated heterocycles. The van der Waals surface area contributed by atoms with Crippen molar-refractivity contribution >= 4 is 11.7 Å². The number of nitrogens with zero attached hydrogens (tertiary/aromatic N) is 1. The maximum Gasteiger partial charge on any atom is 0.289 e. The van der Waals surface area contributed by atoms with Gasteiger partial charge in [0, 0.05) is 20.0 Å². The number of nitrogens with two attached hydrogens (primary N) is 2. The zero-order valence-corrected chi connectivity index (χ0v) is 5.83. The summed E-state index contributed by atoms with van der Waals surface area (Å²) in [4.78, 5) is 22.3. The van der Waals surface area contributed by atoms with Crippen molar-refractivity contribution in [3.8, 4) is 0 Å². The standard InChI is InChI=1S/C5H7NO2.H4N2/c1-6-3-2-4(7)5(6)8;1-2/h2-3H2,1H3;1-2H2.